The van der Waals surface area contributed by atoms with Gasteiger partial charge in [-0.2, -0.15) is 0 Å². The molecule has 1 fully saturated rings. The van der Waals surface area contributed by atoms with Gasteiger partial charge in [0.15, 0.2) is 0 Å². The monoisotopic (exact) mass is 457 g/mol. The lowest BCUT2D eigenvalue weighted by Gasteiger charge is -2.42. The van der Waals surface area contributed by atoms with Crippen LogP contribution in [0.2, 0.25) is 0 Å². The molecule has 7 nitrogen and oxygen atoms in total. The van der Waals surface area contributed by atoms with Crippen LogP contribution in [0.15, 0.2) is 24.3 Å². The molecule has 2 aliphatic heterocycles. The van der Waals surface area contributed by atoms with Gasteiger partial charge in [0, 0.05) is 20.0 Å². The third-order valence-electron chi connectivity index (χ3n) is 7.32. The Kier molecular flexibility index (Phi) is 8.75. The van der Waals surface area contributed by atoms with Crippen molar-refractivity contribution in [1.82, 2.24) is 15.5 Å². The number of para-hydroxylation sites is 1. The quantitative estimate of drug-likeness (QED) is 0.727. The zero-order chi connectivity index (χ0) is 23.8. The Morgan fingerprint density at radius 3 is 2.61 bits per heavy atom. The largest absolute Gasteiger partial charge is 0.491 e. The summed E-state index contributed by atoms with van der Waals surface area (Å²) >= 11 is 0. The Morgan fingerprint density at radius 1 is 1.18 bits per heavy atom. The highest BCUT2D eigenvalue weighted by Gasteiger charge is 2.43. The van der Waals surface area contributed by atoms with Gasteiger partial charge in [-0.15, -0.1) is 0 Å². The zero-order valence-corrected chi connectivity index (χ0v) is 20.3. The summed E-state index contributed by atoms with van der Waals surface area (Å²) in [7, 11) is 0. The van der Waals surface area contributed by atoms with E-state index in [0.29, 0.717) is 39.1 Å². The van der Waals surface area contributed by atoms with E-state index in [1.807, 2.05) is 36.9 Å². The van der Waals surface area contributed by atoms with Crippen LogP contribution in [0.25, 0.3) is 0 Å². The van der Waals surface area contributed by atoms with Gasteiger partial charge in [-0.1, -0.05) is 44.9 Å². The fraction of sp³-hybridized carbons (Fsp3) is 0.654. The van der Waals surface area contributed by atoms with Crippen LogP contribution >= 0.6 is 0 Å². The first-order valence-corrected chi connectivity index (χ1v) is 12.4. The number of nitrogens with zero attached hydrogens (tertiary/aromatic N) is 1. The Morgan fingerprint density at radius 2 is 1.91 bits per heavy atom. The van der Waals surface area contributed by atoms with Gasteiger partial charge < -0.3 is 20.3 Å². The van der Waals surface area contributed by atoms with Crippen molar-refractivity contribution in [1.29, 1.82) is 0 Å². The molecule has 7 heteroatoms. The molecule has 0 unspecified atom stereocenters. The minimum absolute atomic E-state index is 0.0343. The maximum Gasteiger partial charge on any atom is 0.245 e. The van der Waals surface area contributed by atoms with Crippen molar-refractivity contribution >= 4 is 17.7 Å². The summed E-state index contributed by atoms with van der Waals surface area (Å²) in [6.45, 7) is 7.45. The summed E-state index contributed by atoms with van der Waals surface area (Å²) in [6, 6.07) is 7.61. The number of piperidine rings is 1. The Hall–Kier alpha value is -2.57. The van der Waals surface area contributed by atoms with Crippen LogP contribution in [0.4, 0.5) is 0 Å². The predicted octanol–water partition coefficient (Wildman–Crippen LogP) is 3.07. The van der Waals surface area contributed by atoms with Crippen molar-refractivity contribution in [2.75, 3.05) is 26.2 Å². The van der Waals surface area contributed by atoms with E-state index in [2.05, 4.69) is 16.7 Å². The van der Waals surface area contributed by atoms with Gasteiger partial charge in [-0.25, -0.2) is 0 Å². The molecular formula is C26H39N3O4. The normalized spacial score (nSPS) is 20.8. The first-order chi connectivity index (χ1) is 15.9. The van der Waals surface area contributed by atoms with E-state index in [-0.39, 0.29) is 23.6 Å². The molecule has 182 valence electrons. The first-order valence-electron chi connectivity index (χ1n) is 12.4. The highest BCUT2D eigenvalue weighted by atomic mass is 16.5. The predicted molar refractivity (Wildman–Crippen MR) is 128 cm³/mol. The molecular weight excluding hydrogens is 418 g/mol. The zero-order valence-electron chi connectivity index (χ0n) is 20.3. The van der Waals surface area contributed by atoms with E-state index in [4.69, 9.17) is 4.74 Å². The molecule has 1 aromatic rings. The van der Waals surface area contributed by atoms with Crippen molar-refractivity contribution in [3.63, 3.8) is 0 Å². The van der Waals surface area contributed by atoms with Crippen LogP contribution < -0.4 is 15.4 Å². The number of ether oxygens (including phenoxy) is 1. The molecule has 1 aromatic carbocycles. The number of benzene rings is 1. The maximum absolute atomic E-state index is 13.2. The number of hydrogen-bond donors (Lipinski definition) is 2. The summed E-state index contributed by atoms with van der Waals surface area (Å²) in [5, 5.41) is 5.93. The second-order valence-electron chi connectivity index (χ2n) is 9.59. The molecule has 1 saturated heterocycles. The molecule has 0 radical (unpaired) electrons. The van der Waals surface area contributed by atoms with E-state index in [1.165, 1.54) is 12.5 Å². The summed E-state index contributed by atoms with van der Waals surface area (Å²) in [5.74, 6) is 0.818. The number of fused-ring (bicyclic) bond motifs is 1. The number of rotatable bonds is 4. The Balaban J connectivity index is 1.66. The van der Waals surface area contributed by atoms with Crippen LogP contribution in [0, 0.1) is 11.3 Å². The smallest absolute Gasteiger partial charge is 0.245 e. The molecule has 33 heavy (non-hydrogen) atoms. The van der Waals surface area contributed by atoms with E-state index in [1.54, 1.807) is 0 Å². The average molecular weight is 458 g/mol. The van der Waals surface area contributed by atoms with E-state index in [0.717, 1.165) is 37.9 Å². The lowest BCUT2D eigenvalue weighted by Crippen LogP contribution is -2.56. The number of aryl methyl sites for hydroxylation is 1. The minimum atomic E-state index is -0.510. The molecule has 3 amide bonds. The summed E-state index contributed by atoms with van der Waals surface area (Å²) < 4.78 is 5.92. The third kappa shape index (κ3) is 6.27. The van der Waals surface area contributed by atoms with Gasteiger partial charge in [-0.3, -0.25) is 14.4 Å². The molecule has 3 rings (SSSR count). The molecule has 2 heterocycles. The summed E-state index contributed by atoms with van der Waals surface area (Å²) in [4.78, 5) is 39.9. The van der Waals surface area contributed by atoms with Crippen molar-refractivity contribution in [3.05, 3.63) is 29.8 Å². The van der Waals surface area contributed by atoms with Crippen LogP contribution in [0.1, 0.15) is 64.9 Å². The van der Waals surface area contributed by atoms with E-state index in [9.17, 15) is 14.4 Å². The van der Waals surface area contributed by atoms with Gasteiger partial charge in [0.1, 0.15) is 18.4 Å². The maximum atomic E-state index is 13.2. The number of carbonyl (C=O) groups excluding carboxylic acids is 3. The van der Waals surface area contributed by atoms with Gasteiger partial charge in [0.25, 0.3) is 0 Å². The summed E-state index contributed by atoms with van der Waals surface area (Å²) in [5.41, 5.74) is 0.767. The average Bonchev–Trinajstić information content (AvgIpc) is 2.82. The molecule has 2 N–H and O–H groups in total. The van der Waals surface area contributed by atoms with Gasteiger partial charge in [0.2, 0.25) is 17.7 Å². The topological polar surface area (TPSA) is 87.7 Å². The fourth-order valence-electron chi connectivity index (χ4n) is 4.99. The van der Waals surface area contributed by atoms with Crippen molar-refractivity contribution in [2.24, 2.45) is 11.3 Å². The Labute approximate surface area is 197 Å². The highest BCUT2D eigenvalue weighted by molar-refractivity contribution is 5.88. The lowest BCUT2D eigenvalue weighted by molar-refractivity contribution is -0.144. The van der Waals surface area contributed by atoms with Crippen LogP contribution in [0.3, 0.4) is 0 Å². The van der Waals surface area contributed by atoms with Crippen LogP contribution in [-0.2, 0) is 20.8 Å². The Bertz CT molecular complexity index is 833. The number of nitrogens with one attached hydrogen (secondary N) is 2. The molecule has 1 spiro atoms. The molecule has 0 saturated carbocycles. The standard InChI is InChI=1S/C26H39N3O4/c1-4-19(2)23(28-20(3)30)24(31)29-16-13-26(14-17-29)12-8-7-10-21-9-5-6-11-22(21)33-18-15-27-25(26)32/h5-6,9,11,19,23H,4,7-8,10,12-18H2,1-3H3,(H,27,32)(H,28,30)/t19-,23-/m0/s1. The van der Waals surface area contributed by atoms with Gasteiger partial charge in [0.05, 0.1) is 12.0 Å². The fourth-order valence-corrected chi connectivity index (χ4v) is 4.99. The van der Waals surface area contributed by atoms with Crippen molar-refractivity contribution < 1.29 is 19.1 Å². The SMILES string of the molecule is CC[C@H](C)[C@H](NC(C)=O)C(=O)N1CCC2(CCCCc3ccccc3OCCNC2=O)CC1. The molecule has 0 bridgehead atoms. The second-order valence-corrected chi connectivity index (χ2v) is 9.59. The third-order valence-corrected chi connectivity index (χ3v) is 7.32. The molecule has 2 atom stereocenters. The van der Waals surface area contributed by atoms with Crippen LogP contribution in [-0.4, -0.2) is 54.9 Å². The first kappa shape index (κ1) is 25.1. The number of likely N-dealkylation sites (tertiary alicyclic amines) is 1. The van der Waals surface area contributed by atoms with Gasteiger partial charge in [-0.05, 0) is 49.7 Å². The lowest BCUT2D eigenvalue weighted by atomic mass is 9.73. The molecule has 0 aromatic heterocycles. The van der Waals surface area contributed by atoms with Gasteiger partial charge >= 0.3 is 0 Å². The van der Waals surface area contributed by atoms with Crippen molar-refractivity contribution in [3.8, 4) is 5.75 Å². The highest BCUT2D eigenvalue weighted by Crippen LogP contribution is 2.38. The number of amides is 3. The minimum Gasteiger partial charge on any atom is -0.491 e. The van der Waals surface area contributed by atoms with Crippen LogP contribution in [0.5, 0.6) is 5.75 Å². The summed E-state index contributed by atoms with van der Waals surface area (Å²) in [6.07, 6.45) is 5.82. The van der Waals surface area contributed by atoms with E-state index >= 15 is 0 Å². The molecule has 2 aliphatic rings. The second kappa shape index (κ2) is 11.5. The number of hydrogen-bond acceptors (Lipinski definition) is 4. The molecule has 0 aliphatic carbocycles. The number of carbonyl (C=O) groups is 3. The van der Waals surface area contributed by atoms with Crippen molar-refractivity contribution in [2.45, 2.75) is 71.8 Å². The van der Waals surface area contributed by atoms with E-state index < -0.39 is 11.5 Å².